The lowest BCUT2D eigenvalue weighted by Crippen LogP contribution is -2.29. The molecule has 0 radical (unpaired) electrons. The first-order valence-electron chi connectivity index (χ1n) is 7.54. The van der Waals surface area contributed by atoms with Crippen LogP contribution >= 0.6 is 11.6 Å². The molecular weight excluding hydrogens is 284 g/mol. The molecule has 1 aliphatic carbocycles. The predicted molar refractivity (Wildman–Crippen MR) is 84.7 cm³/mol. The van der Waals surface area contributed by atoms with Crippen molar-refractivity contribution in [2.24, 2.45) is 0 Å². The molecule has 0 bridgehead atoms. The number of hydrogen-bond donors (Lipinski definition) is 1. The van der Waals surface area contributed by atoms with Gasteiger partial charge in [0.2, 0.25) is 0 Å². The molecule has 112 valence electrons. The summed E-state index contributed by atoms with van der Waals surface area (Å²) in [5.41, 5.74) is 2.92. The van der Waals surface area contributed by atoms with Crippen LogP contribution in [0.2, 0.25) is 5.02 Å². The summed E-state index contributed by atoms with van der Waals surface area (Å²) in [5.74, 6) is 0. The van der Waals surface area contributed by atoms with Gasteiger partial charge in [-0.25, -0.2) is 0 Å². The number of nitrogens with zero attached hydrogens (tertiary/aromatic N) is 2. The Bertz CT molecular complexity index is 632. The summed E-state index contributed by atoms with van der Waals surface area (Å²) in [7, 11) is 0. The maximum absolute atomic E-state index is 10.8. The lowest BCUT2D eigenvalue weighted by molar-refractivity contribution is 0.129. The monoisotopic (exact) mass is 304 g/mol. The Labute approximate surface area is 130 Å². The Hall–Kier alpha value is -1.32. The van der Waals surface area contributed by atoms with Gasteiger partial charge in [0, 0.05) is 18.4 Å². The van der Waals surface area contributed by atoms with E-state index in [4.69, 9.17) is 11.6 Å². The molecule has 1 fully saturated rings. The predicted octanol–water partition coefficient (Wildman–Crippen LogP) is 3.50. The van der Waals surface area contributed by atoms with E-state index in [0.717, 1.165) is 30.8 Å². The molecule has 0 aliphatic heterocycles. The Kier molecular flexibility index (Phi) is 3.80. The number of aliphatic hydroxyl groups is 1. The summed E-state index contributed by atoms with van der Waals surface area (Å²) in [6.07, 6.45) is 2.21. The summed E-state index contributed by atoms with van der Waals surface area (Å²) in [4.78, 5) is 0. The minimum Gasteiger partial charge on any atom is -0.392 e. The van der Waals surface area contributed by atoms with Gasteiger partial charge in [0.15, 0.2) is 0 Å². The second-order valence-electron chi connectivity index (χ2n) is 5.90. The number of aliphatic hydroxyl groups excluding tert-OH is 1. The first kappa shape index (κ1) is 14.6. The van der Waals surface area contributed by atoms with Crippen molar-refractivity contribution in [2.45, 2.75) is 51.2 Å². The summed E-state index contributed by atoms with van der Waals surface area (Å²) < 4.78 is 1.90. The van der Waals surface area contributed by atoms with Crippen LogP contribution < -0.4 is 0 Å². The Morgan fingerprint density at radius 2 is 2.00 bits per heavy atom. The van der Waals surface area contributed by atoms with Crippen LogP contribution in [0.1, 0.15) is 36.7 Å². The van der Waals surface area contributed by atoms with E-state index in [-0.39, 0.29) is 5.41 Å². The van der Waals surface area contributed by atoms with Crippen LogP contribution in [-0.2, 0) is 18.4 Å². The van der Waals surface area contributed by atoms with Gasteiger partial charge in [0.25, 0.3) is 0 Å². The minimum absolute atomic E-state index is 0.0959. The molecule has 0 spiro atoms. The van der Waals surface area contributed by atoms with Crippen LogP contribution in [0.15, 0.2) is 30.3 Å². The number of halogens is 1. The van der Waals surface area contributed by atoms with Crippen molar-refractivity contribution < 1.29 is 5.11 Å². The molecule has 1 aromatic carbocycles. The Morgan fingerprint density at radius 3 is 2.57 bits per heavy atom. The highest BCUT2D eigenvalue weighted by Gasteiger charge is 2.50. The standard InChI is InChI=1S/C17H21ClN2O/c1-3-20-14(16(18)12(2)19-20)11-15(21)17(9-10-17)13-7-5-4-6-8-13/h4-8,15,21H,3,9-11H2,1-2H3. The topological polar surface area (TPSA) is 38.0 Å². The molecule has 3 nitrogen and oxygen atoms in total. The molecule has 4 heteroatoms. The van der Waals surface area contributed by atoms with Gasteiger partial charge in [-0.05, 0) is 32.3 Å². The molecule has 1 atom stereocenters. The smallest absolute Gasteiger partial charge is 0.0848 e. The van der Waals surface area contributed by atoms with Crippen LogP contribution in [0.4, 0.5) is 0 Å². The van der Waals surface area contributed by atoms with Crippen molar-refractivity contribution in [3.63, 3.8) is 0 Å². The van der Waals surface area contributed by atoms with Gasteiger partial charge in [-0.2, -0.15) is 5.10 Å². The summed E-state index contributed by atoms with van der Waals surface area (Å²) in [5, 5.41) is 15.9. The fraction of sp³-hybridized carbons (Fsp3) is 0.471. The zero-order valence-corrected chi connectivity index (χ0v) is 13.3. The van der Waals surface area contributed by atoms with Crippen LogP contribution in [0.3, 0.4) is 0 Å². The minimum atomic E-state index is -0.418. The zero-order chi connectivity index (χ0) is 15.0. The lowest BCUT2D eigenvalue weighted by atomic mass is 9.87. The molecule has 3 rings (SSSR count). The van der Waals surface area contributed by atoms with E-state index in [2.05, 4.69) is 17.2 Å². The number of rotatable bonds is 5. The number of benzene rings is 1. The molecule has 1 saturated carbocycles. The largest absolute Gasteiger partial charge is 0.392 e. The molecule has 1 heterocycles. The number of hydrogen-bond acceptors (Lipinski definition) is 2. The van der Waals surface area contributed by atoms with Crippen molar-refractivity contribution in [3.05, 3.63) is 52.3 Å². The summed E-state index contributed by atoms with van der Waals surface area (Å²) in [6, 6.07) is 10.3. The molecule has 1 aliphatic rings. The third kappa shape index (κ3) is 2.49. The third-order valence-corrected chi connectivity index (χ3v) is 5.11. The Morgan fingerprint density at radius 1 is 1.33 bits per heavy atom. The molecule has 1 N–H and O–H groups in total. The summed E-state index contributed by atoms with van der Waals surface area (Å²) >= 11 is 6.36. The third-order valence-electron chi connectivity index (χ3n) is 4.61. The summed E-state index contributed by atoms with van der Waals surface area (Å²) in [6.45, 7) is 4.73. The van der Waals surface area contributed by atoms with E-state index in [9.17, 15) is 5.11 Å². The Balaban J connectivity index is 1.86. The molecule has 1 aromatic heterocycles. The van der Waals surface area contributed by atoms with E-state index in [0.29, 0.717) is 11.4 Å². The van der Waals surface area contributed by atoms with Crippen LogP contribution in [0.5, 0.6) is 0 Å². The van der Waals surface area contributed by atoms with Gasteiger partial charge >= 0.3 is 0 Å². The highest BCUT2D eigenvalue weighted by atomic mass is 35.5. The quantitative estimate of drug-likeness (QED) is 0.918. The number of aromatic nitrogens is 2. The highest BCUT2D eigenvalue weighted by molar-refractivity contribution is 6.31. The molecule has 0 saturated heterocycles. The second-order valence-corrected chi connectivity index (χ2v) is 6.28. The second kappa shape index (κ2) is 5.47. The first-order valence-corrected chi connectivity index (χ1v) is 7.91. The van der Waals surface area contributed by atoms with Gasteiger partial charge in [0.05, 0.1) is 22.5 Å². The fourth-order valence-corrected chi connectivity index (χ4v) is 3.37. The first-order chi connectivity index (χ1) is 10.1. The lowest BCUT2D eigenvalue weighted by Gasteiger charge is -2.23. The molecule has 2 aromatic rings. The van der Waals surface area contributed by atoms with Gasteiger partial charge in [0.1, 0.15) is 0 Å². The van der Waals surface area contributed by atoms with E-state index in [1.54, 1.807) is 0 Å². The van der Waals surface area contributed by atoms with E-state index >= 15 is 0 Å². The highest BCUT2D eigenvalue weighted by Crippen LogP contribution is 2.51. The van der Waals surface area contributed by atoms with Crippen molar-refractivity contribution in [1.82, 2.24) is 9.78 Å². The van der Waals surface area contributed by atoms with Crippen molar-refractivity contribution in [1.29, 1.82) is 0 Å². The van der Waals surface area contributed by atoms with Crippen molar-refractivity contribution >= 4 is 11.6 Å². The van der Waals surface area contributed by atoms with Crippen LogP contribution in [0.25, 0.3) is 0 Å². The van der Waals surface area contributed by atoms with Crippen molar-refractivity contribution in [3.8, 4) is 0 Å². The molecule has 0 amide bonds. The van der Waals surface area contributed by atoms with Crippen LogP contribution in [0, 0.1) is 6.92 Å². The average Bonchev–Trinajstić information content (AvgIpc) is 3.27. The van der Waals surface area contributed by atoms with E-state index in [1.807, 2.05) is 36.7 Å². The van der Waals surface area contributed by atoms with Crippen molar-refractivity contribution in [2.75, 3.05) is 0 Å². The fourth-order valence-electron chi connectivity index (χ4n) is 3.16. The number of aryl methyl sites for hydroxylation is 2. The molecular formula is C17H21ClN2O. The van der Waals surface area contributed by atoms with E-state index < -0.39 is 6.10 Å². The maximum Gasteiger partial charge on any atom is 0.0848 e. The van der Waals surface area contributed by atoms with E-state index in [1.165, 1.54) is 5.56 Å². The maximum atomic E-state index is 10.8. The zero-order valence-electron chi connectivity index (χ0n) is 12.5. The van der Waals surface area contributed by atoms with Gasteiger partial charge in [-0.3, -0.25) is 4.68 Å². The molecule has 21 heavy (non-hydrogen) atoms. The normalized spacial score (nSPS) is 17.7. The van der Waals surface area contributed by atoms with Gasteiger partial charge in [-0.15, -0.1) is 0 Å². The average molecular weight is 305 g/mol. The molecule has 1 unspecified atom stereocenters. The van der Waals surface area contributed by atoms with Gasteiger partial charge < -0.3 is 5.11 Å². The SMILES string of the molecule is CCn1nc(C)c(Cl)c1CC(O)C1(c2ccccc2)CC1. The van der Waals surface area contributed by atoms with Gasteiger partial charge in [-0.1, -0.05) is 41.9 Å². The van der Waals surface area contributed by atoms with Crippen LogP contribution in [-0.4, -0.2) is 21.0 Å².